The quantitative estimate of drug-likeness (QED) is 0.0192. The number of carbonyl (C=O) groups excluding carboxylic acids is 6. The number of benzene rings is 4. The van der Waals surface area contributed by atoms with Gasteiger partial charge in [0.1, 0.15) is 41.8 Å². The molecule has 19 heteroatoms. The van der Waals surface area contributed by atoms with Crippen LogP contribution in [0.3, 0.4) is 0 Å². The number of carbonyl (C=O) groups is 6. The van der Waals surface area contributed by atoms with Gasteiger partial charge in [0.25, 0.3) is 0 Å². The van der Waals surface area contributed by atoms with Crippen LogP contribution >= 0.6 is 11.6 Å². The van der Waals surface area contributed by atoms with Gasteiger partial charge in [-0.05, 0) is 82.0 Å². The zero-order valence-electron chi connectivity index (χ0n) is 49.9. The van der Waals surface area contributed by atoms with E-state index in [0.717, 1.165) is 74.2 Å². The van der Waals surface area contributed by atoms with Crippen LogP contribution in [-0.4, -0.2) is 133 Å². The number of alkyl carbamates (subject to hydrolysis) is 1. The summed E-state index contributed by atoms with van der Waals surface area (Å²) < 4.78 is 19.7. The predicted octanol–water partition coefficient (Wildman–Crippen LogP) is 11.9. The van der Waals surface area contributed by atoms with Gasteiger partial charge >= 0.3 is 23.5 Å². The molecule has 460 valence electrons. The summed E-state index contributed by atoms with van der Waals surface area (Å²) in [6, 6.07) is 24.8. The van der Waals surface area contributed by atoms with E-state index in [1.807, 2.05) is 114 Å². The average Bonchev–Trinajstić information content (AvgIpc) is 1.76. The van der Waals surface area contributed by atoms with Crippen molar-refractivity contribution in [3.63, 3.8) is 0 Å². The van der Waals surface area contributed by atoms with Gasteiger partial charge in [-0.25, -0.2) is 19.2 Å². The lowest BCUT2D eigenvalue weighted by atomic mass is 9.85. The molecular formula is C67H83ClN6O12. The SMILES string of the molecule is C.C=CCCCOC(=O)Cl.C=CCCCOC(=O)N[C@H](C(=O)N1C[C@H](ON=C2c3ccccc3-c3ccc(C=C)cc32)C[C@H]1C(=O)OC)C(C)(C)C.C=Cc1ccc2c(c1)C(=NO[C@@H]1C[C@@H](C(=O)OC)N(C(=O)[C@@H](N)C(C)(C)C)C1)c1ccccc1-2. The number of likely N-dealkylation sites (tertiary alicyclic amines) is 2. The number of ether oxygens (including phenoxy) is 4. The number of esters is 2. The average molecular weight is 1200 g/mol. The van der Waals surface area contributed by atoms with E-state index >= 15 is 0 Å². The lowest BCUT2D eigenvalue weighted by Gasteiger charge is -2.34. The topological polar surface area (TPSA) is 227 Å². The van der Waals surface area contributed by atoms with Gasteiger partial charge < -0.3 is 49.5 Å². The van der Waals surface area contributed by atoms with Crippen LogP contribution in [0.2, 0.25) is 0 Å². The molecule has 0 spiro atoms. The Hall–Kier alpha value is -8.35. The Bertz CT molecular complexity index is 3200. The van der Waals surface area contributed by atoms with Crippen molar-refractivity contribution in [3.8, 4) is 22.3 Å². The molecule has 8 rings (SSSR count). The minimum absolute atomic E-state index is 0. The summed E-state index contributed by atoms with van der Waals surface area (Å²) in [6.45, 7) is 27.0. The molecule has 4 aromatic rings. The van der Waals surface area contributed by atoms with Crippen LogP contribution < -0.4 is 11.1 Å². The van der Waals surface area contributed by atoms with Gasteiger partial charge in [-0.15, -0.1) is 13.2 Å². The van der Waals surface area contributed by atoms with E-state index in [4.69, 9.17) is 41.2 Å². The maximum atomic E-state index is 13.9. The molecule has 2 saturated heterocycles. The third kappa shape index (κ3) is 17.0. The number of methoxy groups -OCH3 is 2. The number of allylic oxidation sites excluding steroid dienone is 2. The minimum Gasteiger partial charge on any atom is -0.467 e. The molecule has 6 atom stereocenters. The molecule has 0 saturated carbocycles. The fourth-order valence-electron chi connectivity index (χ4n) is 10.1. The van der Waals surface area contributed by atoms with Crippen molar-refractivity contribution in [2.45, 2.75) is 124 Å². The molecule has 3 amide bonds. The molecule has 0 unspecified atom stereocenters. The van der Waals surface area contributed by atoms with Crippen molar-refractivity contribution >= 4 is 70.5 Å². The third-order valence-electron chi connectivity index (χ3n) is 14.8. The number of nitrogens with two attached hydrogens (primary N) is 1. The smallest absolute Gasteiger partial charge is 0.407 e. The molecular weight excluding hydrogens is 1120 g/mol. The summed E-state index contributed by atoms with van der Waals surface area (Å²) in [5, 5.41) is 11.8. The third-order valence-corrected chi connectivity index (χ3v) is 14.9. The second-order valence-corrected chi connectivity index (χ2v) is 23.2. The Morgan fingerprint density at radius 3 is 1.41 bits per heavy atom. The van der Waals surface area contributed by atoms with Gasteiger partial charge in [-0.1, -0.05) is 170 Å². The normalized spacial score (nSPS) is 18.5. The second kappa shape index (κ2) is 31.2. The van der Waals surface area contributed by atoms with E-state index in [1.54, 1.807) is 24.3 Å². The van der Waals surface area contributed by atoms with Crippen LogP contribution in [-0.2, 0) is 47.8 Å². The van der Waals surface area contributed by atoms with E-state index in [1.165, 1.54) is 24.0 Å². The monoisotopic (exact) mass is 1200 g/mol. The Morgan fingerprint density at radius 2 is 1.02 bits per heavy atom. The fourth-order valence-corrected chi connectivity index (χ4v) is 10.2. The first-order valence-corrected chi connectivity index (χ1v) is 28.6. The first-order valence-electron chi connectivity index (χ1n) is 28.2. The second-order valence-electron chi connectivity index (χ2n) is 22.8. The Kier molecular flexibility index (Phi) is 24.8. The summed E-state index contributed by atoms with van der Waals surface area (Å²) in [5.41, 5.74) is 15.8. The molecule has 0 bridgehead atoms. The van der Waals surface area contributed by atoms with Crippen molar-refractivity contribution in [3.05, 3.63) is 157 Å². The molecule has 4 aliphatic rings. The number of nitrogens with zero attached hydrogens (tertiary/aromatic N) is 4. The van der Waals surface area contributed by atoms with Gasteiger partial charge in [0.2, 0.25) is 11.8 Å². The molecule has 18 nitrogen and oxygen atoms in total. The minimum atomic E-state index is -0.951. The highest BCUT2D eigenvalue weighted by Gasteiger charge is 2.48. The van der Waals surface area contributed by atoms with E-state index in [-0.39, 0.29) is 45.9 Å². The van der Waals surface area contributed by atoms with Gasteiger partial charge in [0.05, 0.1) is 46.6 Å². The molecule has 4 aromatic carbocycles. The zero-order valence-corrected chi connectivity index (χ0v) is 50.7. The van der Waals surface area contributed by atoms with Crippen molar-refractivity contribution in [1.29, 1.82) is 0 Å². The first kappa shape index (κ1) is 68.4. The predicted molar refractivity (Wildman–Crippen MR) is 337 cm³/mol. The number of hydrogen-bond donors (Lipinski definition) is 2. The number of rotatable bonds is 19. The molecule has 2 aliphatic carbocycles. The molecule has 86 heavy (non-hydrogen) atoms. The largest absolute Gasteiger partial charge is 0.467 e. The maximum Gasteiger partial charge on any atom is 0.407 e. The van der Waals surface area contributed by atoms with Crippen LogP contribution in [0.1, 0.15) is 121 Å². The Labute approximate surface area is 511 Å². The summed E-state index contributed by atoms with van der Waals surface area (Å²) >= 11 is 4.87. The highest BCUT2D eigenvalue weighted by atomic mass is 35.5. The van der Waals surface area contributed by atoms with Gasteiger partial charge in [-0.3, -0.25) is 9.59 Å². The van der Waals surface area contributed by atoms with E-state index in [0.29, 0.717) is 25.2 Å². The number of oxime groups is 2. The maximum absolute atomic E-state index is 13.9. The van der Waals surface area contributed by atoms with Gasteiger partial charge in [-0.2, -0.15) is 0 Å². The van der Waals surface area contributed by atoms with Crippen molar-refractivity contribution < 1.29 is 57.4 Å². The Balaban J connectivity index is 0.000000276. The summed E-state index contributed by atoms with van der Waals surface area (Å²) in [5.74, 6) is -1.77. The molecule has 2 fully saturated rings. The number of fused-ring (bicyclic) bond motifs is 6. The molecule has 0 aromatic heterocycles. The lowest BCUT2D eigenvalue weighted by molar-refractivity contribution is -0.152. The highest BCUT2D eigenvalue weighted by molar-refractivity contribution is 6.61. The van der Waals surface area contributed by atoms with Crippen LogP contribution in [0.5, 0.6) is 0 Å². The van der Waals surface area contributed by atoms with E-state index < -0.39 is 76.6 Å². The van der Waals surface area contributed by atoms with Crippen LogP contribution in [0.15, 0.2) is 134 Å². The van der Waals surface area contributed by atoms with E-state index in [2.05, 4.69) is 58.8 Å². The lowest BCUT2D eigenvalue weighted by Crippen LogP contribution is -2.57. The van der Waals surface area contributed by atoms with Gasteiger partial charge in [0, 0.05) is 46.7 Å². The van der Waals surface area contributed by atoms with Crippen LogP contribution in [0.4, 0.5) is 9.59 Å². The molecule has 2 aliphatic heterocycles. The number of halogens is 1. The number of hydrogen-bond acceptors (Lipinski definition) is 15. The number of amides is 3. The van der Waals surface area contributed by atoms with Crippen molar-refractivity contribution in [2.24, 2.45) is 26.9 Å². The highest BCUT2D eigenvalue weighted by Crippen LogP contribution is 2.40. The Morgan fingerprint density at radius 1 is 0.616 bits per heavy atom. The zero-order chi connectivity index (χ0) is 62.2. The fraction of sp³-hybridized carbons (Fsp3) is 0.403. The molecule has 2 heterocycles. The first-order chi connectivity index (χ1) is 40.5. The summed E-state index contributed by atoms with van der Waals surface area (Å²) in [6.07, 6.45) is 8.81. The van der Waals surface area contributed by atoms with Crippen molar-refractivity contribution in [1.82, 2.24) is 15.1 Å². The summed E-state index contributed by atoms with van der Waals surface area (Å²) in [7, 11) is 2.59. The molecule has 3 N–H and O–H groups in total. The number of nitrogens with one attached hydrogen (secondary N) is 1. The van der Waals surface area contributed by atoms with Crippen LogP contribution in [0.25, 0.3) is 34.4 Å². The van der Waals surface area contributed by atoms with E-state index in [9.17, 15) is 28.8 Å². The number of unbranched alkanes of at least 4 members (excludes halogenated alkanes) is 2. The standard InChI is InChI=1S/C33H39N3O6.C27H31N3O4.C6H9ClO2.CH4/c1-7-9-12-17-41-32(39)34-29(33(3,4)5)30(37)36-20-22(19-27(36)31(38)40-6)42-35-28-25-14-11-10-13-23(25)24-16-15-21(8-2)18-26(24)28;1-6-16-11-12-19-18-9-7-8-10-20(18)23(21(19)13-16)29-34-17-14-22(26(32)33-5)30(15-17)25(31)24(28)27(2,3)4;1-2-3-4-5-9-6(7)8;/h7-8,10-11,13-16,18,22,27,29H,1-2,9,12,17,19-20H2,3-6H3,(H,34,39);6-13,17,22,24H,1,14-15,28H2,2-5H3;2H,1,3-5H2;1H4/t22-,27+,29-;17-,22+,24-;;/m11../s1. The van der Waals surface area contributed by atoms with Crippen molar-refractivity contribution in [2.75, 3.05) is 40.5 Å². The van der Waals surface area contributed by atoms with Gasteiger partial charge in [0.15, 0.2) is 0 Å². The molecule has 0 radical (unpaired) electrons. The summed E-state index contributed by atoms with van der Waals surface area (Å²) in [4.78, 5) is 89.6. The van der Waals surface area contributed by atoms with Crippen LogP contribution in [0, 0.1) is 10.8 Å².